The van der Waals surface area contributed by atoms with Crippen molar-refractivity contribution in [3.63, 3.8) is 0 Å². The van der Waals surface area contributed by atoms with Gasteiger partial charge in [0.15, 0.2) is 0 Å². The van der Waals surface area contributed by atoms with Gasteiger partial charge in [0.05, 0.1) is 0 Å². The van der Waals surface area contributed by atoms with Crippen molar-refractivity contribution in [1.82, 2.24) is 0 Å². The predicted octanol–water partition coefficient (Wildman–Crippen LogP) is 14.3. The third kappa shape index (κ3) is 4.82. The van der Waals surface area contributed by atoms with Gasteiger partial charge < -0.3 is 4.90 Å². The molecule has 1 aliphatic rings. The Hall–Kier alpha value is -5.96. The minimum atomic E-state index is -0.0860. The Bertz CT molecular complexity index is 2770. The Balaban J connectivity index is 1.13. The Kier molecular flexibility index (Phi) is 6.78. The van der Waals surface area contributed by atoms with Crippen LogP contribution in [0.2, 0.25) is 0 Å². The molecule has 0 saturated heterocycles. The van der Waals surface area contributed by atoms with E-state index in [0.717, 1.165) is 17.1 Å². The van der Waals surface area contributed by atoms with Gasteiger partial charge in [-0.1, -0.05) is 141 Å². The van der Waals surface area contributed by atoms with Crippen LogP contribution in [0.5, 0.6) is 0 Å². The van der Waals surface area contributed by atoms with E-state index in [4.69, 9.17) is 0 Å². The van der Waals surface area contributed by atoms with Crippen LogP contribution in [-0.4, -0.2) is 0 Å². The second kappa shape index (κ2) is 11.6. The zero-order valence-corrected chi connectivity index (χ0v) is 29.4. The van der Waals surface area contributed by atoms with Gasteiger partial charge in [0.1, 0.15) is 0 Å². The van der Waals surface area contributed by atoms with Gasteiger partial charge >= 0.3 is 0 Å². The number of benzene rings is 8. The van der Waals surface area contributed by atoms with Crippen molar-refractivity contribution in [2.75, 3.05) is 4.90 Å². The molecule has 1 nitrogen and oxygen atoms in total. The number of thiophene rings is 1. The van der Waals surface area contributed by atoms with Crippen molar-refractivity contribution in [3.05, 3.63) is 187 Å². The van der Waals surface area contributed by atoms with E-state index in [1.807, 2.05) is 11.3 Å². The van der Waals surface area contributed by atoms with Crippen LogP contribution in [-0.2, 0) is 5.41 Å². The molecule has 0 aliphatic heterocycles. The van der Waals surface area contributed by atoms with Crippen LogP contribution in [0.4, 0.5) is 17.1 Å². The van der Waals surface area contributed by atoms with Crippen molar-refractivity contribution in [2.45, 2.75) is 19.3 Å². The van der Waals surface area contributed by atoms with Gasteiger partial charge in [-0.2, -0.15) is 0 Å². The topological polar surface area (TPSA) is 3.24 Å². The minimum absolute atomic E-state index is 0.0860. The van der Waals surface area contributed by atoms with E-state index in [9.17, 15) is 0 Å². The molecule has 0 fully saturated rings. The van der Waals surface area contributed by atoms with Gasteiger partial charge in [-0.05, 0) is 98.2 Å². The van der Waals surface area contributed by atoms with E-state index in [1.54, 1.807) is 0 Å². The first kappa shape index (κ1) is 29.9. The molecule has 1 heterocycles. The SMILES string of the molecule is CC1(C)c2ccc(N(c3ccc(-c4cccc(-c5ccccc5)c4)cc3)c3ccc4ccccc4c3)cc2-c2c1ccc1c2sc2ccccc21. The smallest absolute Gasteiger partial charge is 0.0468 e. The lowest BCUT2D eigenvalue weighted by Crippen LogP contribution is -2.15. The lowest BCUT2D eigenvalue weighted by molar-refractivity contribution is 0.661. The largest absolute Gasteiger partial charge is 0.310 e. The predicted molar refractivity (Wildman–Crippen MR) is 220 cm³/mol. The average molecular weight is 670 g/mol. The summed E-state index contributed by atoms with van der Waals surface area (Å²) in [5.74, 6) is 0. The molecule has 0 N–H and O–H groups in total. The van der Waals surface area contributed by atoms with Crippen molar-refractivity contribution < 1.29 is 0 Å². The fourth-order valence-electron chi connectivity index (χ4n) is 8.22. The minimum Gasteiger partial charge on any atom is -0.310 e. The van der Waals surface area contributed by atoms with E-state index >= 15 is 0 Å². The summed E-state index contributed by atoms with van der Waals surface area (Å²) in [6.07, 6.45) is 0. The zero-order valence-electron chi connectivity index (χ0n) is 28.6. The molecule has 2 heteroatoms. The van der Waals surface area contributed by atoms with E-state index in [-0.39, 0.29) is 5.41 Å². The van der Waals surface area contributed by atoms with Gasteiger partial charge in [0.2, 0.25) is 0 Å². The molecule has 0 spiro atoms. The molecular weight excluding hydrogens is 635 g/mol. The van der Waals surface area contributed by atoms with Crippen molar-refractivity contribution in [2.24, 2.45) is 0 Å². The third-order valence-electron chi connectivity index (χ3n) is 10.8. The highest BCUT2D eigenvalue weighted by molar-refractivity contribution is 7.26. The highest BCUT2D eigenvalue weighted by atomic mass is 32.1. The summed E-state index contributed by atoms with van der Waals surface area (Å²) in [4.78, 5) is 2.42. The summed E-state index contributed by atoms with van der Waals surface area (Å²) in [7, 11) is 0. The number of anilines is 3. The van der Waals surface area contributed by atoms with E-state index in [0.29, 0.717) is 0 Å². The maximum atomic E-state index is 2.44. The fourth-order valence-corrected chi connectivity index (χ4v) is 9.48. The number of nitrogens with zero attached hydrogens (tertiary/aromatic N) is 1. The first-order valence-corrected chi connectivity index (χ1v) is 18.5. The maximum absolute atomic E-state index is 2.44. The molecule has 9 aromatic rings. The fraction of sp³-hybridized carbons (Fsp3) is 0.0612. The Morgan fingerprint density at radius 2 is 1.06 bits per heavy atom. The van der Waals surface area contributed by atoms with Crippen LogP contribution in [0.25, 0.3) is 64.3 Å². The summed E-state index contributed by atoms with van der Waals surface area (Å²) >= 11 is 1.93. The average Bonchev–Trinajstić information content (AvgIpc) is 3.67. The molecule has 0 bridgehead atoms. The van der Waals surface area contributed by atoms with Gasteiger partial charge in [0.25, 0.3) is 0 Å². The van der Waals surface area contributed by atoms with Gasteiger partial charge in [-0.15, -0.1) is 11.3 Å². The summed E-state index contributed by atoms with van der Waals surface area (Å²) in [5.41, 5.74) is 13.7. The molecule has 8 aromatic carbocycles. The molecule has 0 amide bonds. The Morgan fingerprint density at radius 1 is 0.431 bits per heavy atom. The van der Waals surface area contributed by atoms with Gasteiger partial charge in [-0.25, -0.2) is 0 Å². The standard InChI is InChI=1S/C49H35NS/c1-49(2)44-27-25-40(31-43(44)47-45(49)28-26-42-41-17-8-9-18-46(41)51-48(42)47)50(39-24-21-33-13-6-7-14-37(33)30-39)38-22-19-34(20-23-38)36-16-10-15-35(29-36)32-11-4-3-5-12-32/h3-31H,1-2H3. The third-order valence-corrected chi connectivity index (χ3v) is 12.0. The van der Waals surface area contributed by atoms with Gasteiger partial charge in [0, 0.05) is 48.2 Å². The van der Waals surface area contributed by atoms with Crippen molar-refractivity contribution >= 4 is 59.3 Å². The Labute approximate surface area is 302 Å². The zero-order chi connectivity index (χ0) is 34.1. The highest BCUT2D eigenvalue weighted by Gasteiger charge is 2.37. The van der Waals surface area contributed by atoms with E-state index in [2.05, 4.69) is 195 Å². The summed E-state index contributed by atoms with van der Waals surface area (Å²) in [6.45, 7) is 4.76. The monoisotopic (exact) mass is 669 g/mol. The quantitative estimate of drug-likeness (QED) is 0.176. The lowest BCUT2D eigenvalue weighted by Gasteiger charge is -2.27. The van der Waals surface area contributed by atoms with E-state index < -0.39 is 0 Å². The van der Waals surface area contributed by atoms with Crippen molar-refractivity contribution in [3.8, 4) is 33.4 Å². The lowest BCUT2D eigenvalue weighted by atomic mass is 9.82. The molecule has 0 saturated carbocycles. The van der Waals surface area contributed by atoms with Gasteiger partial charge in [-0.3, -0.25) is 0 Å². The Morgan fingerprint density at radius 3 is 1.88 bits per heavy atom. The number of hydrogen-bond donors (Lipinski definition) is 0. The molecule has 242 valence electrons. The number of rotatable bonds is 5. The molecular formula is C49H35NS. The van der Waals surface area contributed by atoms with Crippen LogP contribution in [0.3, 0.4) is 0 Å². The summed E-state index contributed by atoms with van der Waals surface area (Å²) in [6, 6.07) is 64.7. The van der Waals surface area contributed by atoms with Crippen molar-refractivity contribution in [1.29, 1.82) is 0 Å². The van der Waals surface area contributed by atoms with E-state index in [1.165, 1.54) is 75.5 Å². The normalized spacial score (nSPS) is 13.1. The molecule has 10 rings (SSSR count). The molecule has 0 atom stereocenters. The van der Waals surface area contributed by atoms with Crippen LogP contribution >= 0.6 is 11.3 Å². The molecule has 0 radical (unpaired) electrons. The second-order valence-corrected chi connectivity index (χ2v) is 15.2. The van der Waals surface area contributed by atoms with Crippen LogP contribution < -0.4 is 4.90 Å². The molecule has 1 aromatic heterocycles. The number of hydrogen-bond acceptors (Lipinski definition) is 2. The van der Waals surface area contributed by atoms with Crippen LogP contribution in [0.15, 0.2) is 176 Å². The molecule has 0 unspecified atom stereocenters. The summed E-state index contributed by atoms with van der Waals surface area (Å²) < 4.78 is 2.73. The molecule has 1 aliphatic carbocycles. The first-order chi connectivity index (χ1) is 25.0. The van der Waals surface area contributed by atoms with Crippen LogP contribution in [0.1, 0.15) is 25.0 Å². The molecule has 51 heavy (non-hydrogen) atoms. The van der Waals surface area contributed by atoms with Crippen LogP contribution in [0, 0.1) is 0 Å². The second-order valence-electron chi connectivity index (χ2n) is 14.2. The summed E-state index contributed by atoms with van der Waals surface area (Å²) in [5, 5.41) is 5.16. The number of fused-ring (bicyclic) bond motifs is 8. The maximum Gasteiger partial charge on any atom is 0.0468 e. The highest BCUT2D eigenvalue weighted by Crippen LogP contribution is 2.55. The first-order valence-electron chi connectivity index (χ1n) is 17.7.